The second-order valence-corrected chi connectivity index (χ2v) is 5.66. The number of halogens is 2. The number of hydrogen-bond donors (Lipinski definition) is 1. The van der Waals surface area contributed by atoms with Crippen LogP contribution in [0.25, 0.3) is 0 Å². The van der Waals surface area contributed by atoms with Gasteiger partial charge in [0, 0.05) is 12.1 Å². The molecule has 1 aliphatic rings. The fourth-order valence-electron chi connectivity index (χ4n) is 1.93. The molecule has 0 radical (unpaired) electrons. The summed E-state index contributed by atoms with van der Waals surface area (Å²) in [5.41, 5.74) is 1.38. The average molecular weight is 310 g/mol. The van der Waals surface area contributed by atoms with E-state index in [4.69, 9.17) is 23.2 Å². The van der Waals surface area contributed by atoms with Gasteiger partial charge >= 0.3 is 0 Å². The van der Waals surface area contributed by atoms with Crippen molar-refractivity contribution in [2.24, 2.45) is 0 Å². The van der Waals surface area contributed by atoms with Crippen LogP contribution < -0.4 is 10.9 Å². The molecule has 0 atom stereocenters. The van der Waals surface area contributed by atoms with Gasteiger partial charge in [0.05, 0.1) is 28.5 Å². The molecule has 0 saturated heterocycles. The van der Waals surface area contributed by atoms with Crippen molar-refractivity contribution < 1.29 is 0 Å². The number of rotatable bonds is 4. The standard InChI is InChI=1S/C14H13Cl2N3O/c15-12-3-1-2-9(14(12)16)8-19-13(20)6-11(7-17-19)18-10-4-5-10/h1-3,6-7,10,18H,4-5,8H2. The Bertz CT molecular complexity index is 695. The van der Waals surface area contributed by atoms with Gasteiger partial charge in [-0.3, -0.25) is 4.79 Å². The van der Waals surface area contributed by atoms with Crippen molar-refractivity contribution in [2.45, 2.75) is 25.4 Å². The van der Waals surface area contributed by atoms with Crippen LogP contribution in [0.3, 0.4) is 0 Å². The molecule has 104 valence electrons. The van der Waals surface area contributed by atoms with Crippen LogP contribution in [-0.4, -0.2) is 15.8 Å². The van der Waals surface area contributed by atoms with Crippen LogP contribution in [0.5, 0.6) is 0 Å². The number of nitrogens with zero attached hydrogens (tertiary/aromatic N) is 2. The number of benzene rings is 1. The molecule has 1 fully saturated rings. The van der Waals surface area contributed by atoms with Crippen molar-refractivity contribution in [3.05, 3.63) is 56.4 Å². The van der Waals surface area contributed by atoms with E-state index in [1.165, 1.54) is 4.68 Å². The molecule has 0 spiro atoms. The summed E-state index contributed by atoms with van der Waals surface area (Å²) >= 11 is 12.1. The summed E-state index contributed by atoms with van der Waals surface area (Å²) in [5, 5.41) is 8.35. The highest BCUT2D eigenvalue weighted by molar-refractivity contribution is 6.42. The molecule has 1 heterocycles. The summed E-state index contributed by atoms with van der Waals surface area (Å²) in [6.45, 7) is 0.307. The molecule has 0 bridgehead atoms. The average Bonchev–Trinajstić information content (AvgIpc) is 3.22. The number of aromatic nitrogens is 2. The molecule has 20 heavy (non-hydrogen) atoms. The van der Waals surface area contributed by atoms with Crippen molar-refractivity contribution in [2.75, 3.05) is 5.32 Å². The van der Waals surface area contributed by atoms with E-state index in [-0.39, 0.29) is 5.56 Å². The van der Waals surface area contributed by atoms with Crippen LogP contribution >= 0.6 is 23.2 Å². The fourth-order valence-corrected chi connectivity index (χ4v) is 2.31. The van der Waals surface area contributed by atoms with E-state index in [1.54, 1.807) is 24.4 Å². The molecule has 0 amide bonds. The molecule has 4 nitrogen and oxygen atoms in total. The molecule has 1 aromatic carbocycles. The van der Waals surface area contributed by atoms with Gasteiger partial charge in [-0.15, -0.1) is 0 Å². The first-order valence-corrected chi connectivity index (χ1v) is 7.15. The SMILES string of the molecule is O=c1cc(NC2CC2)cnn1Cc1cccc(Cl)c1Cl. The molecule has 0 aliphatic heterocycles. The molecule has 1 N–H and O–H groups in total. The molecular weight excluding hydrogens is 297 g/mol. The van der Waals surface area contributed by atoms with Gasteiger partial charge in [-0.25, -0.2) is 4.68 Å². The van der Waals surface area contributed by atoms with Gasteiger partial charge in [-0.1, -0.05) is 35.3 Å². The molecule has 1 saturated carbocycles. The first-order chi connectivity index (χ1) is 9.63. The van der Waals surface area contributed by atoms with E-state index >= 15 is 0 Å². The van der Waals surface area contributed by atoms with Gasteiger partial charge in [-0.2, -0.15) is 5.10 Å². The van der Waals surface area contributed by atoms with Gasteiger partial charge in [0.2, 0.25) is 0 Å². The van der Waals surface area contributed by atoms with Crippen molar-refractivity contribution in [3.63, 3.8) is 0 Å². The Hall–Kier alpha value is -1.52. The maximum atomic E-state index is 12.0. The Kier molecular flexibility index (Phi) is 3.68. The highest BCUT2D eigenvalue weighted by Crippen LogP contribution is 2.26. The van der Waals surface area contributed by atoms with Gasteiger partial charge in [-0.05, 0) is 24.5 Å². The highest BCUT2D eigenvalue weighted by atomic mass is 35.5. The van der Waals surface area contributed by atoms with Crippen LogP contribution in [0, 0.1) is 0 Å². The van der Waals surface area contributed by atoms with Crippen LogP contribution in [-0.2, 0) is 6.54 Å². The Morgan fingerprint density at radius 2 is 2.15 bits per heavy atom. The minimum atomic E-state index is -0.160. The predicted octanol–water partition coefficient (Wildman–Crippen LogP) is 3.17. The number of hydrogen-bond acceptors (Lipinski definition) is 3. The summed E-state index contributed by atoms with van der Waals surface area (Å²) in [7, 11) is 0. The number of anilines is 1. The van der Waals surface area contributed by atoms with E-state index in [2.05, 4.69) is 10.4 Å². The summed E-state index contributed by atoms with van der Waals surface area (Å²) in [6.07, 6.45) is 3.97. The Labute approximate surface area is 126 Å². The van der Waals surface area contributed by atoms with E-state index < -0.39 is 0 Å². The maximum absolute atomic E-state index is 12.0. The first kappa shape index (κ1) is 13.5. The van der Waals surface area contributed by atoms with E-state index in [0.717, 1.165) is 24.1 Å². The molecule has 2 aromatic rings. The summed E-state index contributed by atoms with van der Waals surface area (Å²) in [4.78, 5) is 12.0. The largest absolute Gasteiger partial charge is 0.381 e. The zero-order valence-corrected chi connectivity index (χ0v) is 12.2. The molecule has 1 aromatic heterocycles. The van der Waals surface area contributed by atoms with E-state index in [1.807, 2.05) is 6.07 Å². The zero-order valence-electron chi connectivity index (χ0n) is 10.6. The highest BCUT2D eigenvalue weighted by Gasteiger charge is 2.21. The molecule has 3 rings (SSSR count). The Morgan fingerprint density at radius 1 is 1.35 bits per heavy atom. The normalized spacial score (nSPS) is 14.3. The topological polar surface area (TPSA) is 46.9 Å². The molecule has 6 heteroatoms. The van der Waals surface area contributed by atoms with E-state index in [9.17, 15) is 4.79 Å². The van der Waals surface area contributed by atoms with Gasteiger partial charge in [0.25, 0.3) is 5.56 Å². The second kappa shape index (κ2) is 5.46. The Balaban J connectivity index is 1.83. The maximum Gasteiger partial charge on any atom is 0.269 e. The van der Waals surface area contributed by atoms with Crippen molar-refractivity contribution in [3.8, 4) is 0 Å². The lowest BCUT2D eigenvalue weighted by Crippen LogP contribution is -2.23. The third-order valence-corrected chi connectivity index (χ3v) is 4.03. The Morgan fingerprint density at radius 3 is 2.85 bits per heavy atom. The monoisotopic (exact) mass is 309 g/mol. The fraction of sp³-hybridized carbons (Fsp3) is 0.286. The van der Waals surface area contributed by atoms with Crippen LogP contribution in [0.4, 0.5) is 5.69 Å². The predicted molar refractivity (Wildman–Crippen MR) is 80.7 cm³/mol. The van der Waals surface area contributed by atoms with Crippen molar-refractivity contribution >= 4 is 28.9 Å². The summed E-state index contributed by atoms with van der Waals surface area (Å²) in [5.74, 6) is 0. The van der Waals surface area contributed by atoms with E-state index in [0.29, 0.717) is 22.6 Å². The van der Waals surface area contributed by atoms with Crippen molar-refractivity contribution in [1.29, 1.82) is 0 Å². The quantitative estimate of drug-likeness (QED) is 0.943. The lowest BCUT2D eigenvalue weighted by atomic mass is 10.2. The number of nitrogens with one attached hydrogen (secondary N) is 1. The van der Waals surface area contributed by atoms with Crippen LogP contribution in [0.15, 0.2) is 35.3 Å². The lowest BCUT2D eigenvalue weighted by Gasteiger charge is -2.09. The minimum absolute atomic E-state index is 0.160. The molecule has 1 aliphatic carbocycles. The van der Waals surface area contributed by atoms with Gasteiger partial charge in [0.15, 0.2) is 0 Å². The van der Waals surface area contributed by atoms with Crippen molar-refractivity contribution in [1.82, 2.24) is 9.78 Å². The van der Waals surface area contributed by atoms with Gasteiger partial charge < -0.3 is 5.32 Å². The smallest absolute Gasteiger partial charge is 0.269 e. The zero-order chi connectivity index (χ0) is 14.1. The van der Waals surface area contributed by atoms with Crippen LogP contribution in [0.2, 0.25) is 10.0 Å². The third kappa shape index (κ3) is 2.97. The lowest BCUT2D eigenvalue weighted by molar-refractivity contribution is 0.639. The second-order valence-electron chi connectivity index (χ2n) is 4.87. The minimum Gasteiger partial charge on any atom is -0.381 e. The summed E-state index contributed by atoms with van der Waals surface area (Å²) in [6, 6.07) is 7.40. The van der Waals surface area contributed by atoms with Gasteiger partial charge in [0.1, 0.15) is 0 Å². The third-order valence-electron chi connectivity index (χ3n) is 3.17. The molecule has 0 unspecified atom stereocenters. The first-order valence-electron chi connectivity index (χ1n) is 6.40. The molecular formula is C14H13Cl2N3O. The van der Waals surface area contributed by atoms with Crippen LogP contribution in [0.1, 0.15) is 18.4 Å². The summed E-state index contributed by atoms with van der Waals surface area (Å²) < 4.78 is 1.37.